The second-order valence-electron chi connectivity index (χ2n) is 6.86. The summed E-state index contributed by atoms with van der Waals surface area (Å²) in [6.07, 6.45) is 5.73. The lowest BCUT2D eigenvalue weighted by Crippen LogP contribution is -2.35. The molecule has 0 aromatic heterocycles. The molecule has 1 atom stereocenters. The zero-order chi connectivity index (χ0) is 18.2. The van der Waals surface area contributed by atoms with E-state index in [1.54, 1.807) is 0 Å². The zero-order valence-corrected chi connectivity index (χ0v) is 15.7. The molecule has 2 amide bonds. The van der Waals surface area contributed by atoms with E-state index >= 15 is 0 Å². The maximum Gasteiger partial charge on any atom is 0.253 e. The fourth-order valence-corrected chi connectivity index (χ4v) is 3.06. The Balaban J connectivity index is 2.27. The Bertz CT molecular complexity index is 595. The predicted octanol–water partition coefficient (Wildman–Crippen LogP) is 3.94. The quantitative estimate of drug-likeness (QED) is 0.787. The number of hydrogen-bond acceptors (Lipinski definition) is 3. The summed E-state index contributed by atoms with van der Waals surface area (Å²) in [6, 6.07) is 5.81. The molecular weight excluding hydrogens is 314 g/mol. The molecule has 25 heavy (non-hydrogen) atoms. The minimum Gasteiger partial charge on any atom is -0.371 e. The third-order valence-electron chi connectivity index (χ3n) is 4.69. The van der Waals surface area contributed by atoms with Gasteiger partial charge in [-0.25, -0.2) is 0 Å². The Kier molecular flexibility index (Phi) is 7.29. The number of rotatable bonds is 7. The second-order valence-corrected chi connectivity index (χ2v) is 6.86. The molecule has 1 aliphatic rings. The van der Waals surface area contributed by atoms with Crippen LogP contribution in [0.3, 0.4) is 0 Å². The van der Waals surface area contributed by atoms with Crippen molar-refractivity contribution in [2.45, 2.75) is 65.3 Å². The number of amides is 2. The van der Waals surface area contributed by atoms with Gasteiger partial charge in [-0.1, -0.05) is 13.8 Å². The van der Waals surface area contributed by atoms with Gasteiger partial charge in [0.1, 0.15) is 0 Å². The summed E-state index contributed by atoms with van der Waals surface area (Å²) in [5, 5.41) is 5.95. The Hall–Kier alpha value is -2.04. The van der Waals surface area contributed by atoms with Crippen molar-refractivity contribution in [2.75, 3.05) is 23.3 Å². The van der Waals surface area contributed by atoms with Gasteiger partial charge < -0.3 is 15.5 Å². The summed E-state index contributed by atoms with van der Waals surface area (Å²) in [5.41, 5.74) is 2.30. The summed E-state index contributed by atoms with van der Waals surface area (Å²) >= 11 is 0. The van der Waals surface area contributed by atoms with Gasteiger partial charge in [-0.3, -0.25) is 9.59 Å². The molecule has 0 radical (unpaired) electrons. The van der Waals surface area contributed by atoms with E-state index in [0.29, 0.717) is 17.7 Å². The minimum absolute atomic E-state index is 0.0125. The number of carbonyl (C=O) groups is 2. The summed E-state index contributed by atoms with van der Waals surface area (Å²) in [6.45, 7) is 7.99. The highest BCUT2D eigenvalue weighted by atomic mass is 16.2. The average molecular weight is 345 g/mol. The summed E-state index contributed by atoms with van der Waals surface area (Å²) in [4.78, 5) is 27.0. The predicted molar refractivity (Wildman–Crippen MR) is 103 cm³/mol. The molecule has 1 aromatic carbocycles. The van der Waals surface area contributed by atoms with E-state index in [4.69, 9.17) is 0 Å². The first-order valence-corrected chi connectivity index (χ1v) is 9.54. The van der Waals surface area contributed by atoms with Crippen LogP contribution in [0.2, 0.25) is 0 Å². The molecule has 2 N–H and O–H groups in total. The highest BCUT2D eigenvalue weighted by Crippen LogP contribution is 2.27. The van der Waals surface area contributed by atoms with E-state index in [1.165, 1.54) is 6.42 Å². The van der Waals surface area contributed by atoms with Gasteiger partial charge in [0, 0.05) is 36.9 Å². The van der Waals surface area contributed by atoms with Crippen LogP contribution in [0, 0.1) is 0 Å². The molecule has 2 rings (SSSR count). The molecule has 1 aromatic rings. The van der Waals surface area contributed by atoms with E-state index < -0.39 is 0 Å². The van der Waals surface area contributed by atoms with Crippen molar-refractivity contribution in [1.29, 1.82) is 0 Å². The van der Waals surface area contributed by atoms with Crippen LogP contribution < -0.4 is 15.5 Å². The number of piperidine rings is 1. The van der Waals surface area contributed by atoms with E-state index in [0.717, 1.165) is 44.5 Å². The normalized spacial score (nSPS) is 15.6. The number of nitrogens with one attached hydrogen (secondary N) is 2. The molecule has 1 aliphatic heterocycles. The maximum absolute atomic E-state index is 12.8. The smallest absolute Gasteiger partial charge is 0.253 e. The topological polar surface area (TPSA) is 61.4 Å². The fourth-order valence-electron chi connectivity index (χ4n) is 3.06. The van der Waals surface area contributed by atoms with Gasteiger partial charge >= 0.3 is 0 Å². The molecule has 1 heterocycles. The Morgan fingerprint density at radius 1 is 1.16 bits per heavy atom. The van der Waals surface area contributed by atoms with Gasteiger partial charge in [0.05, 0.1) is 5.56 Å². The van der Waals surface area contributed by atoms with Gasteiger partial charge in [-0.15, -0.1) is 0 Å². The Labute approximate surface area is 151 Å². The molecule has 5 nitrogen and oxygen atoms in total. The van der Waals surface area contributed by atoms with E-state index in [2.05, 4.69) is 22.5 Å². The summed E-state index contributed by atoms with van der Waals surface area (Å²) in [5.74, 6) is -0.0805. The van der Waals surface area contributed by atoms with Crippen molar-refractivity contribution in [3.05, 3.63) is 23.8 Å². The molecule has 0 bridgehead atoms. The maximum atomic E-state index is 12.8. The molecule has 0 spiro atoms. The molecule has 1 fully saturated rings. The van der Waals surface area contributed by atoms with Crippen LogP contribution in [0.1, 0.15) is 69.7 Å². The highest BCUT2D eigenvalue weighted by molar-refractivity contribution is 6.02. The van der Waals surface area contributed by atoms with Crippen molar-refractivity contribution < 1.29 is 9.59 Å². The van der Waals surface area contributed by atoms with Crippen LogP contribution in [0.5, 0.6) is 0 Å². The minimum atomic E-state index is -0.0680. The average Bonchev–Trinajstić information content (AvgIpc) is 2.62. The molecule has 5 heteroatoms. The lowest BCUT2D eigenvalue weighted by molar-refractivity contribution is -0.116. The van der Waals surface area contributed by atoms with Crippen molar-refractivity contribution >= 4 is 23.2 Å². The first-order chi connectivity index (χ1) is 12.0. The Morgan fingerprint density at radius 3 is 2.52 bits per heavy atom. The third-order valence-corrected chi connectivity index (χ3v) is 4.69. The molecule has 0 saturated carbocycles. The fraction of sp³-hybridized carbons (Fsp3) is 0.600. The van der Waals surface area contributed by atoms with Crippen LogP contribution >= 0.6 is 0 Å². The van der Waals surface area contributed by atoms with Gasteiger partial charge in [0.2, 0.25) is 5.91 Å². The van der Waals surface area contributed by atoms with E-state index in [1.807, 2.05) is 32.0 Å². The van der Waals surface area contributed by atoms with Crippen LogP contribution in [0.4, 0.5) is 11.4 Å². The molecular formula is C20H31N3O2. The zero-order valence-electron chi connectivity index (χ0n) is 15.7. The van der Waals surface area contributed by atoms with Crippen molar-refractivity contribution in [3.63, 3.8) is 0 Å². The lowest BCUT2D eigenvalue weighted by Gasteiger charge is -2.31. The van der Waals surface area contributed by atoms with Crippen LogP contribution in [0.15, 0.2) is 18.2 Å². The van der Waals surface area contributed by atoms with Crippen molar-refractivity contribution in [3.8, 4) is 0 Å². The second kappa shape index (κ2) is 9.44. The lowest BCUT2D eigenvalue weighted by atomic mass is 10.1. The third kappa shape index (κ3) is 5.48. The van der Waals surface area contributed by atoms with Crippen molar-refractivity contribution in [1.82, 2.24) is 5.32 Å². The summed E-state index contributed by atoms with van der Waals surface area (Å²) in [7, 11) is 0. The number of carbonyl (C=O) groups excluding carboxylic acids is 2. The van der Waals surface area contributed by atoms with Gasteiger partial charge in [0.25, 0.3) is 5.91 Å². The number of hydrogen-bond donors (Lipinski definition) is 2. The standard InChI is InChI=1S/C20H31N3O2/c1-4-9-19(24)22-16-10-11-18(23-12-7-6-8-13-23)17(14-16)20(25)21-15(3)5-2/h10-11,14-15H,4-9,12-13H2,1-3H3,(H,21,25)(H,22,24)/t15-/m0/s1. The molecule has 1 saturated heterocycles. The van der Waals surface area contributed by atoms with Crippen LogP contribution in [-0.2, 0) is 4.79 Å². The van der Waals surface area contributed by atoms with E-state index in [9.17, 15) is 9.59 Å². The SMILES string of the molecule is CCCC(=O)Nc1ccc(N2CCCCC2)c(C(=O)N[C@@H](C)CC)c1. The Morgan fingerprint density at radius 2 is 1.88 bits per heavy atom. The number of benzene rings is 1. The number of anilines is 2. The van der Waals surface area contributed by atoms with Gasteiger partial charge in [-0.05, 0) is 57.2 Å². The highest BCUT2D eigenvalue weighted by Gasteiger charge is 2.20. The molecule has 138 valence electrons. The van der Waals surface area contributed by atoms with Crippen molar-refractivity contribution in [2.24, 2.45) is 0 Å². The first kappa shape index (κ1) is 19.3. The largest absolute Gasteiger partial charge is 0.371 e. The van der Waals surface area contributed by atoms with Crippen LogP contribution in [-0.4, -0.2) is 30.9 Å². The summed E-state index contributed by atoms with van der Waals surface area (Å²) < 4.78 is 0. The number of nitrogens with zero attached hydrogens (tertiary/aromatic N) is 1. The first-order valence-electron chi connectivity index (χ1n) is 9.54. The molecule has 0 unspecified atom stereocenters. The van der Waals surface area contributed by atoms with Gasteiger partial charge in [-0.2, -0.15) is 0 Å². The molecule has 0 aliphatic carbocycles. The van der Waals surface area contributed by atoms with Gasteiger partial charge in [0.15, 0.2) is 0 Å². The van der Waals surface area contributed by atoms with E-state index in [-0.39, 0.29) is 17.9 Å². The monoisotopic (exact) mass is 345 g/mol. The van der Waals surface area contributed by atoms with Crippen LogP contribution in [0.25, 0.3) is 0 Å².